The molecular weight excluding hydrogens is 256 g/mol. The minimum Gasteiger partial charge on any atom is -0.307 e. The van der Waals surface area contributed by atoms with Crippen molar-refractivity contribution in [3.8, 4) is 0 Å². The van der Waals surface area contributed by atoms with Crippen molar-refractivity contribution in [2.24, 2.45) is 0 Å². The van der Waals surface area contributed by atoms with Crippen molar-refractivity contribution in [2.75, 3.05) is 6.54 Å². The molecule has 0 bridgehead atoms. The van der Waals surface area contributed by atoms with Gasteiger partial charge in [-0.15, -0.1) is 0 Å². The average Bonchev–Trinajstić information content (AvgIpc) is 2.40. The molecule has 1 nitrogen and oxygen atoms in total. The van der Waals surface area contributed by atoms with Crippen molar-refractivity contribution in [1.82, 2.24) is 5.32 Å². The van der Waals surface area contributed by atoms with E-state index in [2.05, 4.69) is 11.4 Å². The first kappa shape index (κ1) is 15.2. The Morgan fingerprint density at radius 3 is 2.65 bits per heavy atom. The van der Waals surface area contributed by atoms with Crippen molar-refractivity contribution in [3.05, 3.63) is 47.0 Å². The summed E-state index contributed by atoms with van der Waals surface area (Å²) in [6, 6.07) is 4.24. The summed E-state index contributed by atoms with van der Waals surface area (Å²) in [5, 5.41) is 3.41. The fourth-order valence-electron chi connectivity index (χ4n) is 2.84. The minimum atomic E-state index is -0.782. The summed E-state index contributed by atoms with van der Waals surface area (Å²) in [5.74, 6) is -1.55. The molecule has 1 aromatic carbocycles. The molecule has 3 heteroatoms. The van der Waals surface area contributed by atoms with Gasteiger partial charge >= 0.3 is 0 Å². The zero-order valence-corrected chi connectivity index (χ0v) is 12.1. The molecule has 1 N–H and O–H groups in total. The van der Waals surface area contributed by atoms with Gasteiger partial charge in [0.2, 0.25) is 0 Å². The van der Waals surface area contributed by atoms with E-state index in [0.29, 0.717) is 0 Å². The number of hydrogen-bond donors (Lipinski definition) is 1. The highest BCUT2D eigenvalue weighted by atomic mass is 19.2. The third kappa shape index (κ3) is 3.89. The van der Waals surface area contributed by atoms with Crippen LogP contribution in [0.3, 0.4) is 0 Å². The molecule has 2 rings (SSSR count). The molecule has 0 amide bonds. The zero-order valence-electron chi connectivity index (χ0n) is 12.1. The van der Waals surface area contributed by atoms with Crippen LogP contribution in [0.4, 0.5) is 8.78 Å². The Bertz CT molecular complexity index is 468. The first-order valence-electron chi connectivity index (χ1n) is 7.59. The quantitative estimate of drug-likeness (QED) is 0.773. The van der Waals surface area contributed by atoms with Gasteiger partial charge in [-0.25, -0.2) is 8.78 Å². The lowest BCUT2D eigenvalue weighted by molar-refractivity contribution is 0.501. The Morgan fingerprint density at radius 1 is 1.10 bits per heavy atom. The van der Waals surface area contributed by atoms with Crippen molar-refractivity contribution in [1.29, 1.82) is 0 Å². The molecule has 1 unspecified atom stereocenters. The van der Waals surface area contributed by atoms with Gasteiger partial charge in [-0.3, -0.25) is 0 Å². The Kier molecular flexibility index (Phi) is 5.72. The van der Waals surface area contributed by atoms with Crippen LogP contribution in [-0.2, 0) is 0 Å². The molecular formula is C17H23F2N. The molecule has 1 atom stereocenters. The summed E-state index contributed by atoms with van der Waals surface area (Å²) in [4.78, 5) is 0. The summed E-state index contributed by atoms with van der Waals surface area (Å²) in [5.41, 5.74) is 2.13. The van der Waals surface area contributed by atoms with Crippen molar-refractivity contribution >= 4 is 0 Å². The van der Waals surface area contributed by atoms with Crippen molar-refractivity contribution in [2.45, 2.75) is 51.5 Å². The molecule has 20 heavy (non-hydrogen) atoms. The lowest BCUT2D eigenvalue weighted by atomic mass is 9.91. The number of allylic oxidation sites excluding steroid dienone is 1. The van der Waals surface area contributed by atoms with E-state index in [1.807, 2.05) is 6.92 Å². The number of nitrogens with one attached hydrogen (secondary N) is 1. The predicted octanol–water partition coefficient (Wildman–Crippen LogP) is 4.90. The van der Waals surface area contributed by atoms with Gasteiger partial charge in [0.25, 0.3) is 0 Å². The number of benzene rings is 1. The number of likely N-dealkylation sites (N-methyl/N-ethyl adjacent to an activating group) is 1. The minimum absolute atomic E-state index is 0.00759. The summed E-state index contributed by atoms with van der Waals surface area (Å²) in [6.07, 6.45) is 9.36. The smallest absolute Gasteiger partial charge is 0.159 e. The van der Waals surface area contributed by atoms with Crippen LogP contribution in [0.5, 0.6) is 0 Å². The Labute approximate surface area is 120 Å². The molecule has 0 fully saturated rings. The predicted molar refractivity (Wildman–Crippen MR) is 78.6 cm³/mol. The van der Waals surface area contributed by atoms with E-state index in [1.165, 1.54) is 43.4 Å². The Hall–Kier alpha value is -1.22. The highest BCUT2D eigenvalue weighted by Crippen LogP contribution is 2.29. The second-order valence-corrected chi connectivity index (χ2v) is 5.40. The van der Waals surface area contributed by atoms with E-state index in [0.717, 1.165) is 24.9 Å². The maximum Gasteiger partial charge on any atom is 0.159 e. The number of rotatable bonds is 4. The standard InChI is InChI=1S/C17H23F2N/c1-2-20-17(13-8-6-4-3-5-7-9-13)14-10-11-15(18)16(19)12-14/h8,10-12,17,20H,2-7,9H2,1H3/b13-8+. The normalized spacial score (nSPS) is 20.6. The largest absolute Gasteiger partial charge is 0.307 e. The first-order valence-corrected chi connectivity index (χ1v) is 7.59. The van der Waals surface area contributed by atoms with Crippen LogP contribution >= 0.6 is 0 Å². The monoisotopic (exact) mass is 279 g/mol. The van der Waals surface area contributed by atoms with E-state index < -0.39 is 11.6 Å². The van der Waals surface area contributed by atoms with Crippen LogP contribution in [0.25, 0.3) is 0 Å². The number of hydrogen-bond acceptors (Lipinski definition) is 1. The fourth-order valence-corrected chi connectivity index (χ4v) is 2.84. The van der Waals surface area contributed by atoms with E-state index in [9.17, 15) is 8.78 Å². The van der Waals surface area contributed by atoms with E-state index in [-0.39, 0.29) is 6.04 Å². The van der Waals surface area contributed by atoms with Gasteiger partial charge in [0.05, 0.1) is 6.04 Å². The van der Waals surface area contributed by atoms with Gasteiger partial charge in [0, 0.05) is 0 Å². The van der Waals surface area contributed by atoms with Gasteiger partial charge < -0.3 is 5.32 Å². The molecule has 1 aromatic rings. The van der Waals surface area contributed by atoms with Crippen LogP contribution in [-0.4, -0.2) is 6.54 Å². The summed E-state index contributed by atoms with van der Waals surface area (Å²) in [7, 11) is 0. The van der Waals surface area contributed by atoms with Crippen molar-refractivity contribution < 1.29 is 8.78 Å². The lowest BCUT2D eigenvalue weighted by Gasteiger charge is -2.23. The van der Waals surface area contributed by atoms with Crippen LogP contribution in [0, 0.1) is 11.6 Å². The molecule has 0 heterocycles. The Morgan fingerprint density at radius 2 is 1.90 bits per heavy atom. The maximum atomic E-state index is 13.5. The SMILES string of the molecule is CCNC(/C1=C/CCCCCC1)c1ccc(F)c(F)c1. The van der Waals surface area contributed by atoms with Gasteiger partial charge in [0.15, 0.2) is 11.6 Å². The molecule has 0 radical (unpaired) electrons. The first-order chi connectivity index (χ1) is 9.72. The molecule has 1 aliphatic carbocycles. The highest BCUT2D eigenvalue weighted by Gasteiger charge is 2.17. The van der Waals surface area contributed by atoms with Crippen LogP contribution in [0.1, 0.15) is 57.1 Å². The summed E-state index contributed by atoms with van der Waals surface area (Å²) in [6.45, 7) is 2.84. The molecule has 110 valence electrons. The fraction of sp³-hybridized carbons (Fsp3) is 0.529. The van der Waals surface area contributed by atoms with E-state index in [1.54, 1.807) is 6.07 Å². The average molecular weight is 279 g/mol. The maximum absolute atomic E-state index is 13.5. The molecule has 0 aromatic heterocycles. The van der Waals surface area contributed by atoms with Crippen LogP contribution in [0.2, 0.25) is 0 Å². The highest BCUT2D eigenvalue weighted by molar-refractivity contribution is 5.29. The van der Waals surface area contributed by atoms with Crippen LogP contribution in [0.15, 0.2) is 29.8 Å². The van der Waals surface area contributed by atoms with Crippen LogP contribution < -0.4 is 5.32 Å². The second kappa shape index (κ2) is 7.53. The molecule has 0 aliphatic heterocycles. The molecule has 0 saturated heterocycles. The third-order valence-corrected chi connectivity index (χ3v) is 3.88. The Balaban J connectivity index is 2.26. The molecule has 1 aliphatic rings. The van der Waals surface area contributed by atoms with Gasteiger partial charge in [-0.1, -0.05) is 37.5 Å². The van der Waals surface area contributed by atoms with Gasteiger partial charge in [0.1, 0.15) is 0 Å². The van der Waals surface area contributed by atoms with Gasteiger partial charge in [-0.05, 0) is 49.9 Å². The lowest BCUT2D eigenvalue weighted by Crippen LogP contribution is -2.23. The zero-order chi connectivity index (χ0) is 14.4. The molecule has 0 saturated carbocycles. The third-order valence-electron chi connectivity index (χ3n) is 3.88. The topological polar surface area (TPSA) is 12.0 Å². The number of halogens is 2. The molecule has 0 spiro atoms. The van der Waals surface area contributed by atoms with Gasteiger partial charge in [-0.2, -0.15) is 0 Å². The van der Waals surface area contributed by atoms with Crippen molar-refractivity contribution in [3.63, 3.8) is 0 Å². The summed E-state index contributed by atoms with van der Waals surface area (Å²) >= 11 is 0. The van der Waals surface area contributed by atoms with E-state index in [4.69, 9.17) is 0 Å². The second-order valence-electron chi connectivity index (χ2n) is 5.40. The summed E-state index contributed by atoms with van der Waals surface area (Å²) < 4.78 is 26.6. The van der Waals surface area contributed by atoms with E-state index >= 15 is 0 Å².